The lowest BCUT2D eigenvalue weighted by atomic mass is 10.2. The fourth-order valence-corrected chi connectivity index (χ4v) is 4.46. The average Bonchev–Trinajstić information content (AvgIpc) is 3.22. The molecule has 6 nitrogen and oxygen atoms in total. The van der Waals surface area contributed by atoms with Crippen LogP contribution >= 0.6 is 11.3 Å². The van der Waals surface area contributed by atoms with Crippen LogP contribution < -0.4 is 4.90 Å². The Balaban J connectivity index is 1.78. The number of aromatic nitrogens is 5. The molecule has 0 aromatic carbocycles. The van der Waals surface area contributed by atoms with Gasteiger partial charge in [-0.05, 0) is 39.2 Å². The summed E-state index contributed by atoms with van der Waals surface area (Å²) in [6.07, 6.45) is 5.73. The number of nitrogens with zero attached hydrogens (tertiary/aromatic N) is 6. The number of anilines is 1. The lowest BCUT2D eigenvalue weighted by molar-refractivity contribution is 0.506. The zero-order valence-corrected chi connectivity index (χ0v) is 14.5. The van der Waals surface area contributed by atoms with Gasteiger partial charge in [-0.15, -0.1) is 11.3 Å². The molecule has 1 saturated heterocycles. The summed E-state index contributed by atoms with van der Waals surface area (Å²) in [5.41, 5.74) is 1.31. The molecule has 1 fully saturated rings. The van der Waals surface area contributed by atoms with Crippen LogP contribution in [0.3, 0.4) is 0 Å². The van der Waals surface area contributed by atoms with E-state index in [0.29, 0.717) is 6.04 Å². The van der Waals surface area contributed by atoms with Crippen molar-refractivity contribution in [3.63, 3.8) is 0 Å². The number of fused-ring (bicyclic) bond motifs is 1. The minimum atomic E-state index is 0.411. The van der Waals surface area contributed by atoms with Gasteiger partial charge < -0.3 is 4.90 Å². The summed E-state index contributed by atoms with van der Waals surface area (Å²) >= 11 is 1.77. The molecule has 0 radical (unpaired) electrons. The van der Waals surface area contributed by atoms with Gasteiger partial charge >= 0.3 is 0 Å². The largest absolute Gasteiger partial charge is 0.351 e. The highest BCUT2D eigenvalue weighted by atomic mass is 32.1. The smallest absolute Gasteiger partial charge is 0.141 e. The lowest BCUT2D eigenvalue weighted by Crippen LogP contribution is -2.34. The Morgan fingerprint density at radius 1 is 1.26 bits per heavy atom. The Morgan fingerprint density at radius 2 is 2.13 bits per heavy atom. The van der Waals surface area contributed by atoms with Crippen molar-refractivity contribution in [1.82, 2.24) is 24.7 Å². The molecule has 0 amide bonds. The van der Waals surface area contributed by atoms with Gasteiger partial charge in [0.2, 0.25) is 0 Å². The molecule has 0 saturated carbocycles. The zero-order chi connectivity index (χ0) is 16.0. The summed E-state index contributed by atoms with van der Waals surface area (Å²) in [5, 5.41) is 5.48. The molecular formula is C16H20N6S. The van der Waals surface area contributed by atoms with Gasteiger partial charge in [-0.3, -0.25) is 4.68 Å². The second kappa shape index (κ2) is 5.56. The first-order chi connectivity index (χ1) is 11.1. The molecule has 1 aliphatic rings. The van der Waals surface area contributed by atoms with Gasteiger partial charge in [0.1, 0.15) is 29.1 Å². The Labute approximate surface area is 139 Å². The lowest BCUT2D eigenvalue weighted by Gasteiger charge is -2.26. The van der Waals surface area contributed by atoms with E-state index in [2.05, 4.69) is 33.8 Å². The monoisotopic (exact) mass is 328 g/mol. The van der Waals surface area contributed by atoms with Crippen LogP contribution in [0.25, 0.3) is 10.2 Å². The fraction of sp³-hybridized carbons (Fsp3) is 0.500. The third-order valence-electron chi connectivity index (χ3n) is 4.63. The van der Waals surface area contributed by atoms with E-state index in [1.165, 1.54) is 22.2 Å². The molecule has 0 aliphatic carbocycles. The summed E-state index contributed by atoms with van der Waals surface area (Å²) in [5.74, 6) is 1.94. The minimum Gasteiger partial charge on any atom is -0.351 e. The highest BCUT2D eigenvalue weighted by Gasteiger charge is 2.29. The highest BCUT2D eigenvalue weighted by Crippen LogP contribution is 2.37. The van der Waals surface area contributed by atoms with E-state index in [1.54, 1.807) is 24.0 Å². The number of hydrogen-bond acceptors (Lipinski definition) is 6. The van der Waals surface area contributed by atoms with E-state index in [-0.39, 0.29) is 0 Å². The second-order valence-electron chi connectivity index (χ2n) is 6.16. The number of hydrogen-bond donors (Lipinski definition) is 0. The van der Waals surface area contributed by atoms with E-state index >= 15 is 0 Å². The molecule has 1 atom stereocenters. The number of aryl methyl sites for hydroxylation is 3. The molecule has 23 heavy (non-hydrogen) atoms. The van der Waals surface area contributed by atoms with Crippen LogP contribution in [0.2, 0.25) is 0 Å². The van der Waals surface area contributed by atoms with E-state index in [0.717, 1.165) is 36.0 Å². The SMILES string of the molecule is Cc1nc(N2CCCC2Cn2cncn2)c2c(C)c(C)sc2n1. The van der Waals surface area contributed by atoms with Crippen LogP contribution in [0.4, 0.5) is 5.82 Å². The summed E-state index contributed by atoms with van der Waals surface area (Å²) in [4.78, 5) is 18.4. The van der Waals surface area contributed by atoms with Gasteiger partial charge in [-0.2, -0.15) is 5.10 Å². The molecule has 3 aromatic heterocycles. The molecule has 120 valence electrons. The second-order valence-corrected chi connectivity index (χ2v) is 7.37. The highest BCUT2D eigenvalue weighted by molar-refractivity contribution is 7.18. The molecule has 3 aromatic rings. The van der Waals surface area contributed by atoms with Crippen LogP contribution in [-0.4, -0.2) is 37.3 Å². The van der Waals surface area contributed by atoms with Gasteiger partial charge in [0, 0.05) is 11.4 Å². The maximum Gasteiger partial charge on any atom is 0.141 e. The van der Waals surface area contributed by atoms with Gasteiger partial charge in [0.05, 0.1) is 18.0 Å². The van der Waals surface area contributed by atoms with Gasteiger partial charge in [0.15, 0.2) is 0 Å². The normalized spacial score (nSPS) is 18.2. The molecule has 0 N–H and O–H groups in total. The third kappa shape index (κ3) is 2.49. The van der Waals surface area contributed by atoms with Crippen molar-refractivity contribution >= 4 is 27.4 Å². The standard InChI is InChI=1S/C16H20N6S/c1-10-11(2)23-16-14(10)15(19-12(3)20-16)22-6-4-5-13(22)7-21-9-17-8-18-21/h8-9,13H,4-7H2,1-3H3. The molecule has 0 bridgehead atoms. The van der Waals surface area contributed by atoms with Crippen LogP contribution in [0.15, 0.2) is 12.7 Å². The van der Waals surface area contributed by atoms with Crippen molar-refractivity contribution < 1.29 is 0 Å². The van der Waals surface area contributed by atoms with Crippen LogP contribution in [0, 0.1) is 20.8 Å². The van der Waals surface area contributed by atoms with Gasteiger partial charge in [0.25, 0.3) is 0 Å². The van der Waals surface area contributed by atoms with E-state index in [4.69, 9.17) is 4.98 Å². The van der Waals surface area contributed by atoms with Crippen molar-refractivity contribution in [3.8, 4) is 0 Å². The predicted octanol–water partition coefficient (Wildman–Crippen LogP) is 2.88. The Kier molecular flexibility index (Phi) is 3.52. The van der Waals surface area contributed by atoms with E-state index < -0.39 is 0 Å². The van der Waals surface area contributed by atoms with Gasteiger partial charge in [-0.25, -0.2) is 15.0 Å². The summed E-state index contributed by atoms with van der Waals surface area (Å²) in [6, 6.07) is 0.411. The maximum absolute atomic E-state index is 4.81. The van der Waals surface area contributed by atoms with Crippen molar-refractivity contribution in [2.75, 3.05) is 11.4 Å². The Bertz CT molecular complexity index is 838. The third-order valence-corrected chi connectivity index (χ3v) is 5.74. The van der Waals surface area contributed by atoms with Crippen molar-refractivity contribution in [1.29, 1.82) is 0 Å². The van der Waals surface area contributed by atoms with E-state index in [9.17, 15) is 0 Å². The van der Waals surface area contributed by atoms with E-state index in [1.807, 2.05) is 11.6 Å². The van der Waals surface area contributed by atoms with Crippen LogP contribution in [0.5, 0.6) is 0 Å². The average molecular weight is 328 g/mol. The molecule has 7 heteroatoms. The fourth-order valence-electron chi connectivity index (χ4n) is 3.39. The summed E-state index contributed by atoms with van der Waals surface area (Å²) < 4.78 is 1.92. The Morgan fingerprint density at radius 3 is 2.91 bits per heavy atom. The summed E-state index contributed by atoms with van der Waals surface area (Å²) in [6.45, 7) is 8.22. The predicted molar refractivity (Wildman–Crippen MR) is 92.0 cm³/mol. The summed E-state index contributed by atoms with van der Waals surface area (Å²) in [7, 11) is 0. The molecular weight excluding hydrogens is 308 g/mol. The molecule has 1 aliphatic heterocycles. The zero-order valence-electron chi connectivity index (χ0n) is 13.7. The first-order valence-corrected chi connectivity index (χ1v) is 8.78. The Hall–Kier alpha value is -2.02. The van der Waals surface area contributed by atoms with Crippen molar-refractivity contribution in [2.24, 2.45) is 0 Å². The van der Waals surface area contributed by atoms with Gasteiger partial charge in [-0.1, -0.05) is 0 Å². The van der Waals surface area contributed by atoms with Crippen molar-refractivity contribution in [3.05, 3.63) is 28.9 Å². The molecule has 4 rings (SSSR count). The van der Waals surface area contributed by atoms with Crippen LogP contribution in [0.1, 0.15) is 29.1 Å². The first-order valence-electron chi connectivity index (χ1n) is 7.97. The first kappa shape index (κ1) is 14.6. The minimum absolute atomic E-state index is 0.411. The van der Waals surface area contributed by atoms with Crippen molar-refractivity contribution in [2.45, 2.75) is 46.2 Å². The topological polar surface area (TPSA) is 59.7 Å². The quantitative estimate of drug-likeness (QED) is 0.740. The molecule has 0 spiro atoms. The molecule has 1 unspecified atom stereocenters. The van der Waals surface area contributed by atoms with Crippen LogP contribution in [-0.2, 0) is 6.54 Å². The maximum atomic E-state index is 4.81. The molecule has 4 heterocycles. The number of rotatable bonds is 3. The number of thiophene rings is 1.